The van der Waals surface area contributed by atoms with Gasteiger partial charge < -0.3 is 5.11 Å². The Morgan fingerprint density at radius 3 is 2.91 bits per heavy atom. The monoisotopic (exact) mass is 150 g/mol. The highest BCUT2D eigenvalue weighted by molar-refractivity contribution is 5.33. The largest absolute Gasteiger partial charge is 0.393 e. The van der Waals surface area contributed by atoms with E-state index in [4.69, 9.17) is 0 Å². The van der Waals surface area contributed by atoms with Crippen LogP contribution in [0.2, 0.25) is 0 Å². The molecule has 1 rings (SSSR count). The van der Waals surface area contributed by atoms with E-state index < -0.39 is 0 Å². The molecule has 1 unspecified atom stereocenters. The first-order valence-electron chi connectivity index (χ1n) is 3.92. The fourth-order valence-corrected chi connectivity index (χ4v) is 1.33. The predicted molar refractivity (Wildman–Crippen MR) is 47.3 cm³/mol. The molecule has 0 saturated heterocycles. The van der Waals surface area contributed by atoms with Gasteiger partial charge in [-0.25, -0.2) is 0 Å². The smallest absolute Gasteiger partial charge is 0.0583 e. The van der Waals surface area contributed by atoms with E-state index in [1.807, 2.05) is 6.08 Å². The van der Waals surface area contributed by atoms with E-state index in [-0.39, 0.29) is 6.10 Å². The molecule has 0 aliphatic heterocycles. The van der Waals surface area contributed by atoms with Crippen molar-refractivity contribution in [3.8, 4) is 0 Å². The summed E-state index contributed by atoms with van der Waals surface area (Å²) in [6.07, 6.45) is 6.02. The van der Waals surface area contributed by atoms with Gasteiger partial charge in [-0.2, -0.15) is 0 Å². The fourth-order valence-electron chi connectivity index (χ4n) is 1.33. The van der Waals surface area contributed by atoms with Crippen molar-refractivity contribution in [2.75, 3.05) is 0 Å². The Morgan fingerprint density at radius 2 is 2.27 bits per heavy atom. The first-order chi connectivity index (χ1) is 5.24. The van der Waals surface area contributed by atoms with Crippen molar-refractivity contribution in [1.82, 2.24) is 0 Å². The van der Waals surface area contributed by atoms with E-state index in [2.05, 4.69) is 13.2 Å². The molecule has 1 N–H and O–H groups in total. The first-order valence-corrected chi connectivity index (χ1v) is 3.92. The summed E-state index contributed by atoms with van der Waals surface area (Å²) in [5.74, 6) is 0. The molecule has 0 heterocycles. The van der Waals surface area contributed by atoms with Crippen molar-refractivity contribution in [2.24, 2.45) is 0 Å². The highest BCUT2D eigenvalue weighted by Crippen LogP contribution is 2.27. The lowest BCUT2D eigenvalue weighted by Crippen LogP contribution is -2.14. The normalized spacial score (nSPS) is 29.0. The third-order valence-corrected chi connectivity index (χ3v) is 2.01. The minimum atomic E-state index is -0.174. The lowest BCUT2D eigenvalue weighted by molar-refractivity contribution is 0.158. The van der Waals surface area contributed by atoms with Crippen molar-refractivity contribution >= 4 is 0 Å². The number of hydrogen-bond donors (Lipinski definition) is 1. The topological polar surface area (TPSA) is 20.2 Å². The molecule has 0 bridgehead atoms. The minimum Gasteiger partial charge on any atom is -0.393 e. The van der Waals surface area contributed by atoms with E-state index in [1.54, 1.807) is 6.08 Å². The van der Waals surface area contributed by atoms with Gasteiger partial charge in [-0.1, -0.05) is 30.9 Å². The van der Waals surface area contributed by atoms with Crippen LogP contribution in [0, 0.1) is 0 Å². The Bertz CT molecular complexity index is 201. The molecule has 1 aliphatic rings. The summed E-state index contributed by atoms with van der Waals surface area (Å²) < 4.78 is 0. The summed E-state index contributed by atoms with van der Waals surface area (Å²) in [7, 11) is 0. The third-order valence-electron chi connectivity index (χ3n) is 2.01. The molecule has 1 nitrogen and oxygen atoms in total. The summed E-state index contributed by atoms with van der Waals surface area (Å²) >= 11 is 0. The number of aliphatic hydroxyl groups excluding tert-OH is 1. The standard InChI is InChI=1S/C10H14O/c1-3-4-9-7-10(11)6-5-8(9)2/h3-4,10-11H,1-2,5-7H2/b9-4-. The maximum absolute atomic E-state index is 9.31. The second-order valence-electron chi connectivity index (χ2n) is 2.93. The quantitative estimate of drug-likeness (QED) is 0.607. The number of allylic oxidation sites excluding steroid dienone is 3. The molecule has 1 saturated carbocycles. The predicted octanol–water partition coefficient (Wildman–Crippen LogP) is 2.20. The van der Waals surface area contributed by atoms with E-state index in [1.165, 1.54) is 0 Å². The van der Waals surface area contributed by atoms with Gasteiger partial charge in [0.25, 0.3) is 0 Å². The van der Waals surface area contributed by atoms with Crippen LogP contribution in [0.1, 0.15) is 19.3 Å². The zero-order chi connectivity index (χ0) is 8.27. The van der Waals surface area contributed by atoms with Crippen LogP contribution in [0.5, 0.6) is 0 Å². The van der Waals surface area contributed by atoms with Crippen LogP contribution in [0.15, 0.2) is 36.5 Å². The van der Waals surface area contributed by atoms with Gasteiger partial charge in [0.2, 0.25) is 0 Å². The van der Waals surface area contributed by atoms with Crippen LogP contribution in [0.25, 0.3) is 0 Å². The molecule has 0 radical (unpaired) electrons. The zero-order valence-corrected chi connectivity index (χ0v) is 6.71. The molecule has 0 aromatic rings. The second kappa shape index (κ2) is 3.54. The van der Waals surface area contributed by atoms with E-state index in [0.29, 0.717) is 0 Å². The maximum atomic E-state index is 9.31. The fraction of sp³-hybridized carbons (Fsp3) is 0.400. The number of rotatable bonds is 1. The average molecular weight is 150 g/mol. The SMILES string of the molecule is C=C/C=C1/CC(O)CCC1=C. The molecule has 1 fully saturated rings. The molecular weight excluding hydrogens is 136 g/mol. The molecule has 0 aromatic carbocycles. The van der Waals surface area contributed by atoms with Crippen LogP contribution < -0.4 is 0 Å². The summed E-state index contributed by atoms with van der Waals surface area (Å²) in [5.41, 5.74) is 2.30. The van der Waals surface area contributed by atoms with Gasteiger partial charge in [0, 0.05) is 0 Å². The van der Waals surface area contributed by atoms with Gasteiger partial charge in [-0.05, 0) is 24.8 Å². The molecule has 0 amide bonds. The summed E-state index contributed by atoms with van der Waals surface area (Å²) in [6, 6.07) is 0. The summed E-state index contributed by atoms with van der Waals surface area (Å²) in [4.78, 5) is 0. The lowest BCUT2D eigenvalue weighted by Gasteiger charge is -2.21. The van der Waals surface area contributed by atoms with E-state index >= 15 is 0 Å². The molecule has 60 valence electrons. The van der Waals surface area contributed by atoms with Crippen LogP contribution in [-0.2, 0) is 0 Å². The van der Waals surface area contributed by atoms with Gasteiger partial charge >= 0.3 is 0 Å². The minimum absolute atomic E-state index is 0.174. The zero-order valence-electron chi connectivity index (χ0n) is 6.71. The number of hydrogen-bond acceptors (Lipinski definition) is 1. The Balaban J connectivity index is 2.68. The van der Waals surface area contributed by atoms with Crippen molar-refractivity contribution < 1.29 is 5.11 Å². The third kappa shape index (κ3) is 2.05. The first kappa shape index (κ1) is 8.28. The van der Waals surface area contributed by atoms with Gasteiger partial charge in [0.1, 0.15) is 0 Å². The maximum Gasteiger partial charge on any atom is 0.0583 e. The van der Waals surface area contributed by atoms with Crippen molar-refractivity contribution in [2.45, 2.75) is 25.4 Å². The Hall–Kier alpha value is -0.820. The molecule has 1 aliphatic carbocycles. The highest BCUT2D eigenvalue weighted by atomic mass is 16.3. The summed E-state index contributed by atoms with van der Waals surface area (Å²) in [6.45, 7) is 7.54. The van der Waals surface area contributed by atoms with Crippen LogP contribution in [-0.4, -0.2) is 11.2 Å². The lowest BCUT2D eigenvalue weighted by atomic mass is 9.88. The molecule has 0 aromatic heterocycles. The molecule has 11 heavy (non-hydrogen) atoms. The van der Waals surface area contributed by atoms with E-state index in [0.717, 1.165) is 30.4 Å². The Labute approximate surface area is 67.7 Å². The average Bonchev–Trinajstić information content (AvgIpc) is 1.98. The van der Waals surface area contributed by atoms with E-state index in [9.17, 15) is 5.11 Å². The molecule has 0 spiro atoms. The van der Waals surface area contributed by atoms with Crippen molar-refractivity contribution in [3.63, 3.8) is 0 Å². The number of aliphatic hydroxyl groups is 1. The van der Waals surface area contributed by atoms with Gasteiger partial charge in [0.15, 0.2) is 0 Å². The van der Waals surface area contributed by atoms with Gasteiger partial charge in [-0.15, -0.1) is 0 Å². The van der Waals surface area contributed by atoms with Crippen LogP contribution in [0.3, 0.4) is 0 Å². The Kier molecular flexibility index (Phi) is 2.66. The van der Waals surface area contributed by atoms with Crippen molar-refractivity contribution in [1.29, 1.82) is 0 Å². The molecule has 1 atom stereocenters. The van der Waals surface area contributed by atoms with Crippen LogP contribution in [0.4, 0.5) is 0 Å². The molecule has 1 heteroatoms. The van der Waals surface area contributed by atoms with Gasteiger partial charge in [-0.3, -0.25) is 0 Å². The summed E-state index contributed by atoms with van der Waals surface area (Å²) in [5, 5.41) is 9.31. The van der Waals surface area contributed by atoms with Gasteiger partial charge in [0.05, 0.1) is 6.10 Å². The highest BCUT2D eigenvalue weighted by Gasteiger charge is 2.16. The second-order valence-corrected chi connectivity index (χ2v) is 2.93. The van der Waals surface area contributed by atoms with Crippen molar-refractivity contribution in [3.05, 3.63) is 36.5 Å². The Morgan fingerprint density at radius 1 is 1.55 bits per heavy atom. The molecular formula is C10H14O. The van der Waals surface area contributed by atoms with Crippen LogP contribution >= 0.6 is 0 Å².